The molecule has 0 amide bonds. The monoisotopic (exact) mass is 418 g/mol. The fourth-order valence-electron chi connectivity index (χ4n) is 4.15. The Hall–Kier alpha value is -2.46. The molecule has 1 aliphatic heterocycles. The summed E-state index contributed by atoms with van der Waals surface area (Å²) in [6.07, 6.45) is 0. The maximum atomic E-state index is 5.37. The summed E-state index contributed by atoms with van der Waals surface area (Å²) in [5, 5.41) is 0. The molecule has 0 aromatic heterocycles. The van der Waals surface area contributed by atoms with Crippen LogP contribution >= 0.6 is 0 Å². The van der Waals surface area contributed by atoms with Crippen molar-refractivity contribution in [3.05, 3.63) is 89.5 Å². The van der Waals surface area contributed by atoms with E-state index in [-0.39, 0.29) is 0 Å². The normalized spacial score (nSPS) is 14.8. The molecule has 0 bridgehead atoms. The molecule has 0 atom stereocenters. The van der Waals surface area contributed by atoms with E-state index in [2.05, 4.69) is 84.3 Å². The molecule has 27 heavy (non-hydrogen) atoms. The summed E-state index contributed by atoms with van der Waals surface area (Å²) in [7, 11) is 3.42. The average Bonchev–Trinajstić information content (AvgIpc) is 2.95. The Morgan fingerprint density at radius 1 is 0.630 bits per heavy atom. The predicted octanol–water partition coefficient (Wildman–Crippen LogP) is 5.13. The number of methoxy groups -OCH3 is 2. The Morgan fingerprint density at radius 3 is 1.70 bits per heavy atom. The Morgan fingerprint density at radius 2 is 1.15 bits per heavy atom. The first-order valence-electron chi connectivity index (χ1n) is 9.19. The van der Waals surface area contributed by atoms with Gasteiger partial charge in [-0.2, -0.15) is 0 Å². The van der Waals surface area contributed by atoms with E-state index in [1.807, 2.05) is 0 Å². The van der Waals surface area contributed by atoms with Crippen LogP contribution in [0.1, 0.15) is 16.7 Å². The Bertz CT molecular complexity index is 999. The van der Waals surface area contributed by atoms with E-state index in [4.69, 9.17) is 9.47 Å². The summed E-state index contributed by atoms with van der Waals surface area (Å²) < 4.78 is 13.8. The van der Waals surface area contributed by atoms with Crippen LogP contribution in [0, 0.1) is 0 Å². The van der Waals surface area contributed by atoms with Crippen LogP contribution < -0.4 is 13.9 Å². The molecule has 0 saturated carbocycles. The van der Waals surface area contributed by atoms with Gasteiger partial charge in [0, 0.05) is 0 Å². The van der Waals surface area contributed by atoms with E-state index in [1.54, 1.807) is 18.6 Å². The van der Waals surface area contributed by atoms with E-state index in [0.29, 0.717) is 0 Å². The first-order chi connectivity index (χ1) is 13.1. The minimum absolute atomic E-state index is 0.887. The molecule has 3 aromatic carbocycles. The van der Waals surface area contributed by atoms with Crippen molar-refractivity contribution in [3.8, 4) is 11.5 Å². The number of hydrogen-bond acceptors (Lipinski definition) is 2. The molecule has 0 N–H and O–H groups in total. The summed E-state index contributed by atoms with van der Waals surface area (Å²) in [5.74, 6) is 6.77. The van der Waals surface area contributed by atoms with Gasteiger partial charge in [-0.05, 0) is 0 Å². The van der Waals surface area contributed by atoms with Crippen LogP contribution in [0.15, 0.2) is 72.8 Å². The molecule has 1 heterocycles. The molecule has 0 aliphatic carbocycles. The quantitative estimate of drug-likeness (QED) is 0.549. The Balaban J connectivity index is 1.98. The number of rotatable bonds is 4. The van der Waals surface area contributed by atoms with Crippen molar-refractivity contribution >= 4 is 27.6 Å². The first kappa shape index (κ1) is 17.9. The van der Waals surface area contributed by atoms with Crippen LogP contribution in [0.3, 0.4) is 0 Å². The second-order valence-corrected chi connectivity index (χ2v) is 16.4. The molecule has 136 valence electrons. The van der Waals surface area contributed by atoms with E-state index in [1.165, 1.54) is 26.7 Å². The van der Waals surface area contributed by atoms with Gasteiger partial charge in [0.25, 0.3) is 0 Å². The van der Waals surface area contributed by atoms with Crippen LogP contribution in [0.5, 0.6) is 11.5 Å². The fourth-order valence-corrected chi connectivity index (χ4v) is 11.4. The first-order valence-corrected chi connectivity index (χ1v) is 15.5. The minimum atomic E-state index is -2.43. The molecular formula is C24H24GeO2. The second-order valence-electron chi connectivity index (χ2n) is 7.38. The molecule has 0 spiro atoms. The fraction of sp³-hybridized carbons (Fsp3) is 0.167. The number of fused-ring (bicyclic) bond motifs is 1. The van der Waals surface area contributed by atoms with Gasteiger partial charge in [0.05, 0.1) is 0 Å². The van der Waals surface area contributed by atoms with Gasteiger partial charge >= 0.3 is 164 Å². The third-order valence-electron chi connectivity index (χ3n) is 5.50. The standard InChI is InChI=1S/C24H24GeO2/c1-25(2)22-8-6-5-7-21(22)23(17-9-13-19(26-3)14-10-17)24(25)18-11-15-20(27-4)16-12-18/h5-16H,1-4H3. The van der Waals surface area contributed by atoms with Gasteiger partial charge in [-0.1, -0.05) is 0 Å². The summed E-state index contributed by atoms with van der Waals surface area (Å²) in [6.45, 7) is 0. The zero-order valence-corrected chi connectivity index (χ0v) is 18.3. The average molecular weight is 417 g/mol. The van der Waals surface area contributed by atoms with Gasteiger partial charge in [-0.3, -0.25) is 0 Å². The van der Waals surface area contributed by atoms with Crippen molar-refractivity contribution < 1.29 is 9.47 Å². The van der Waals surface area contributed by atoms with Crippen molar-refractivity contribution in [3.63, 3.8) is 0 Å². The van der Waals surface area contributed by atoms with Gasteiger partial charge in [-0.25, -0.2) is 0 Å². The third kappa shape index (κ3) is 2.98. The molecule has 4 rings (SSSR count). The molecule has 3 heteroatoms. The maximum absolute atomic E-state index is 5.37. The summed E-state index contributed by atoms with van der Waals surface area (Å²) >= 11 is -2.43. The molecule has 0 saturated heterocycles. The summed E-state index contributed by atoms with van der Waals surface area (Å²) in [6, 6.07) is 25.9. The number of ether oxygens (including phenoxy) is 2. The van der Waals surface area contributed by atoms with E-state index >= 15 is 0 Å². The topological polar surface area (TPSA) is 18.5 Å². The zero-order chi connectivity index (χ0) is 19.0. The van der Waals surface area contributed by atoms with Crippen molar-refractivity contribution in [2.45, 2.75) is 11.5 Å². The van der Waals surface area contributed by atoms with E-state index in [9.17, 15) is 0 Å². The van der Waals surface area contributed by atoms with E-state index < -0.39 is 13.3 Å². The molecular weight excluding hydrogens is 393 g/mol. The van der Waals surface area contributed by atoms with Gasteiger partial charge in [-0.15, -0.1) is 0 Å². The molecule has 0 fully saturated rings. The van der Waals surface area contributed by atoms with Gasteiger partial charge < -0.3 is 0 Å². The van der Waals surface area contributed by atoms with Crippen LogP contribution in [-0.4, -0.2) is 27.5 Å². The van der Waals surface area contributed by atoms with Gasteiger partial charge in [0.1, 0.15) is 0 Å². The number of benzene rings is 3. The second kappa shape index (κ2) is 6.93. The SMILES string of the molecule is COc1ccc(C2=[C](c3ccc(OC)cc3)[Ge]([CH3])([CH3])[c]3ccccc32)cc1. The van der Waals surface area contributed by atoms with Crippen molar-refractivity contribution in [2.75, 3.05) is 14.2 Å². The van der Waals surface area contributed by atoms with Crippen LogP contribution in [0.25, 0.3) is 9.98 Å². The summed E-state index contributed by atoms with van der Waals surface area (Å²) in [5.41, 5.74) is 5.33. The molecule has 3 aromatic rings. The van der Waals surface area contributed by atoms with Gasteiger partial charge in [0.15, 0.2) is 0 Å². The molecule has 0 radical (unpaired) electrons. The predicted molar refractivity (Wildman–Crippen MR) is 115 cm³/mol. The molecule has 1 aliphatic rings. The van der Waals surface area contributed by atoms with Crippen molar-refractivity contribution in [1.29, 1.82) is 0 Å². The van der Waals surface area contributed by atoms with Crippen molar-refractivity contribution in [1.82, 2.24) is 0 Å². The Kier molecular flexibility index (Phi) is 4.60. The Labute approximate surface area is 163 Å². The van der Waals surface area contributed by atoms with Crippen LogP contribution in [0.4, 0.5) is 0 Å². The molecule has 2 nitrogen and oxygen atoms in total. The summed E-state index contributed by atoms with van der Waals surface area (Å²) in [4.78, 5) is 0. The van der Waals surface area contributed by atoms with Crippen molar-refractivity contribution in [2.24, 2.45) is 0 Å². The molecule has 0 unspecified atom stereocenters. The number of hydrogen-bond donors (Lipinski definition) is 0. The van der Waals surface area contributed by atoms with Crippen LogP contribution in [0.2, 0.25) is 11.5 Å². The third-order valence-corrected chi connectivity index (χ3v) is 13.0. The van der Waals surface area contributed by atoms with E-state index in [0.717, 1.165) is 11.5 Å². The van der Waals surface area contributed by atoms with Gasteiger partial charge in [0.2, 0.25) is 0 Å². The zero-order valence-electron chi connectivity index (χ0n) is 16.2. The van der Waals surface area contributed by atoms with Crippen LogP contribution in [-0.2, 0) is 0 Å².